The molecular formula is C15H17N5O2. The summed E-state index contributed by atoms with van der Waals surface area (Å²) in [6.45, 7) is 2.23. The summed E-state index contributed by atoms with van der Waals surface area (Å²) in [6, 6.07) is 7.79. The van der Waals surface area contributed by atoms with Gasteiger partial charge < -0.3 is 20.7 Å². The molecule has 2 heterocycles. The Labute approximate surface area is 128 Å². The fraction of sp³-hybridized carbons (Fsp3) is 0.267. The molecule has 0 unspecified atom stereocenters. The Morgan fingerprint density at radius 2 is 2.23 bits per heavy atom. The van der Waals surface area contributed by atoms with Crippen molar-refractivity contribution in [3.8, 4) is 5.75 Å². The van der Waals surface area contributed by atoms with Crippen molar-refractivity contribution >= 4 is 23.2 Å². The lowest BCUT2D eigenvalue weighted by Crippen LogP contribution is -2.29. The highest BCUT2D eigenvalue weighted by Gasteiger charge is 2.20. The number of hydrogen-bond donors (Lipinski definition) is 3. The summed E-state index contributed by atoms with van der Waals surface area (Å²) in [5, 5.41) is 9.05. The maximum atomic E-state index is 11.5. The SMILES string of the molecule is COc1cccc([C@@H](C)Nc2ncnc3c2NC(=O)CN3)c1. The normalized spacial score (nSPS) is 14.4. The van der Waals surface area contributed by atoms with Gasteiger partial charge in [-0.2, -0.15) is 0 Å². The van der Waals surface area contributed by atoms with E-state index in [0.717, 1.165) is 11.3 Å². The van der Waals surface area contributed by atoms with Gasteiger partial charge in [-0.15, -0.1) is 0 Å². The van der Waals surface area contributed by atoms with Crippen LogP contribution in [-0.4, -0.2) is 29.5 Å². The predicted molar refractivity (Wildman–Crippen MR) is 84.2 cm³/mol. The maximum absolute atomic E-state index is 11.5. The third kappa shape index (κ3) is 2.78. The van der Waals surface area contributed by atoms with Crippen LogP contribution >= 0.6 is 0 Å². The van der Waals surface area contributed by atoms with Gasteiger partial charge in [0.15, 0.2) is 11.6 Å². The number of carbonyl (C=O) groups is 1. The number of ether oxygens (including phenoxy) is 1. The first-order valence-corrected chi connectivity index (χ1v) is 6.96. The molecule has 1 aromatic heterocycles. The van der Waals surface area contributed by atoms with Gasteiger partial charge in [-0.25, -0.2) is 9.97 Å². The summed E-state index contributed by atoms with van der Waals surface area (Å²) in [6.07, 6.45) is 1.46. The molecule has 0 radical (unpaired) electrons. The average molecular weight is 299 g/mol. The van der Waals surface area contributed by atoms with Crippen LogP contribution < -0.4 is 20.7 Å². The Bertz CT molecular complexity index is 704. The fourth-order valence-electron chi connectivity index (χ4n) is 2.29. The minimum Gasteiger partial charge on any atom is -0.497 e. The third-order valence-electron chi connectivity index (χ3n) is 3.48. The Hall–Kier alpha value is -2.83. The fourth-order valence-corrected chi connectivity index (χ4v) is 2.29. The molecule has 1 aliphatic heterocycles. The number of anilines is 3. The van der Waals surface area contributed by atoms with Gasteiger partial charge >= 0.3 is 0 Å². The van der Waals surface area contributed by atoms with Crippen molar-refractivity contribution in [2.45, 2.75) is 13.0 Å². The van der Waals surface area contributed by atoms with E-state index >= 15 is 0 Å². The Balaban J connectivity index is 1.85. The smallest absolute Gasteiger partial charge is 0.243 e. The number of carbonyl (C=O) groups excluding carboxylic acids is 1. The van der Waals surface area contributed by atoms with E-state index in [1.54, 1.807) is 7.11 Å². The molecule has 0 bridgehead atoms. The molecular weight excluding hydrogens is 282 g/mol. The van der Waals surface area contributed by atoms with Crippen LogP contribution in [0.15, 0.2) is 30.6 Å². The van der Waals surface area contributed by atoms with Crippen LogP contribution in [0.1, 0.15) is 18.5 Å². The number of hydrogen-bond acceptors (Lipinski definition) is 6. The molecule has 7 nitrogen and oxygen atoms in total. The van der Waals surface area contributed by atoms with Crippen molar-refractivity contribution in [2.24, 2.45) is 0 Å². The van der Waals surface area contributed by atoms with Crippen molar-refractivity contribution in [3.05, 3.63) is 36.2 Å². The van der Waals surface area contributed by atoms with Crippen LogP contribution in [0.2, 0.25) is 0 Å². The van der Waals surface area contributed by atoms with Crippen LogP contribution in [0, 0.1) is 0 Å². The highest BCUT2D eigenvalue weighted by atomic mass is 16.5. The van der Waals surface area contributed by atoms with E-state index in [9.17, 15) is 4.79 Å². The van der Waals surface area contributed by atoms with E-state index in [4.69, 9.17) is 4.74 Å². The molecule has 7 heteroatoms. The number of methoxy groups -OCH3 is 1. The first kappa shape index (κ1) is 14.1. The minimum absolute atomic E-state index is 0.00655. The second-order valence-corrected chi connectivity index (χ2v) is 4.99. The zero-order chi connectivity index (χ0) is 15.5. The topological polar surface area (TPSA) is 88.2 Å². The molecule has 0 saturated heterocycles. The monoisotopic (exact) mass is 299 g/mol. The number of aromatic nitrogens is 2. The van der Waals surface area contributed by atoms with E-state index in [2.05, 4.69) is 25.9 Å². The lowest BCUT2D eigenvalue weighted by molar-refractivity contribution is -0.114. The molecule has 3 rings (SSSR count). The lowest BCUT2D eigenvalue weighted by Gasteiger charge is -2.22. The zero-order valence-corrected chi connectivity index (χ0v) is 12.4. The highest BCUT2D eigenvalue weighted by molar-refractivity contribution is 6.02. The number of nitrogens with zero attached hydrogens (tertiary/aromatic N) is 2. The lowest BCUT2D eigenvalue weighted by atomic mass is 10.1. The summed E-state index contributed by atoms with van der Waals surface area (Å²) in [7, 11) is 1.64. The largest absolute Gasteiger partial charge is 0.497 e. The molecule has 0 saturated carbocycles. The van der Waals surface area contributed by atoms with Crippen molar-refractivity contribution in [2.75, 3.05) is 29.6 Å². The van der Waals surface area contributed by atoms with Gasteiger partial charge in [0.05, 0.1) is 19.7 Å². The second-order valence-electron chi connectivity index (χ2n) is 4.99. The van der Waals surface area contributed by atoms with Gasteiger partial charge in [0, 0.05) is 0 Å². The summed E-state index contributed by atoms with van der Waals surface area (Å²) in [4.78, 5) is 19.9. The molecule has 0 aliphatic carbocycles. The van der Waals surface area contributed by atoms with Crippen LogP contribution in [0.4, 0.5) is 17.3 Å². The van der Waals surface area contributed by atoms with Crippen LogP contribution in [0.5, 0.6) is 5.75 Å². The number of rotatable bonds is 4. The van der Waals surface area contributed by atoms with Gasteiger partial charge in [0.2, 0.25) is 5.91 Å². The molecule has 22 heavy (non-hydrogen) atoms. The molecule has 114 valence electrons. The molecule has 1 atom stereocenters. The van der Waals surface area contributed by atoms with Gasteiger partial charge in [-0.05, 0) is 24.6 Å². The van der Waals surface area contributed by atoms with E-state index in [0.29, 0.717) is 17.3 Å². The summed E-state index contributed by atoms with van der Waals surface area (Å²) >= 11 is 0. The standard InChI is InChI=1S/C15H17N5O2/c1-9(10-4-3-5-11(6-10)22-2)19-15-13-14(17-8-18-15)16-7-12(21)20-13/h3-6,8-9H,7H2,1-2H3,(H,20,21)(H2,16,17,18,19)/t9-/m1/s1. The van der Waals surface area contributed by atoms with Crippen LogP contribution in [0.25, 0.3) is 0 Å². The number of fused-ring (bicyclic) bond motifs is 1. The Kier molecular flexibility index (Phi) is 3.78. The van der Waals surface area contributed by atoms with Crippen molar-refractivity contribution in [3.63, 3.8) is 0 Å². The first-order valence-electron chi connectivity index (χ1n) is 6.96. The summed E-state index contributed by atoms with van der Waals surface area (Å²) in [5.41, 5.74) is 1.63. The molecule has 0 fully saturated rings. The highest BCUT2D eigenvalue weighted by Crippen LogP contribution is 2.31. The van der Waals surface area contributed by atoms with E-state index < -0.39 is 0 Å². The van der Waals surface area contributed by atoms with Crippen molar-refractivity contribution in [1.29, 1.82) is 0 Å². The van der Waals surface area contributed by atoms with Crippen LogP contribution in [-0.2, 0) is 4.79 Å². The van der Waals surface area contributed by atoms with Gasteiger partial charge in [0.25, 0.3) is 0 Å². The van der Waals surface area contributed by atoms with Crippen molar-refractivity contribution in [1.82, 2.24) is 9.97 Å². The number of benzene rings is 1. The number of amides is 1. The average Bonchev–Trinajstić information content (AvgIpc) is 2.55. The molecule has 1 aromatic carbocycles. The summed E-state index contributed by atoms with van der Waals surface area (Å²) < 4.78 is 5.24. The van der Waals surface area contributed by atoms with Gasteiger partial charge in [-0.3, -0.25) is 4.79 Å². The second kappa shape index (κ2) is 5.88. The first-order chi connectivity index (χ1) is 10.7. The minimum atomic E-state index is -0.112. The molecule has 1 amide bonds. The zero-order valence-electron chi connectivity index (χ0n) is 12.4. The van der Waals surface area contributed by atoms with Gasteiger partial charge in [-0.1, -0.05) is 12.1 Å². The van der Waals surface area contributed by atoms with E-state index in [-0.39, 0.29) is 18.5 Å². The quantitative estimate of drug-likeness (QED) is 0.800. The van der Waals surface area contributed by atoms with E-state index in [1.165, 1.54) is 6.33 Å². The van der Waals surface area contributed by atoms with Gasteiger partial charge in [0.1, 0.15) is 17.8 Å². The molecule has 3 N–H and O–H groups in total. The van der Waals surface area contributed by atoms with E-state index in [1.807, 2.05) is 31.2 Å². The predicted octanol–water partition coefficient (Wildman–Crippen LogP) is 2.02. The number of nitrogens with one attached hydrogen (secondary N) is 3. The molecule has 1 aliphatic rings. The Morgan fingerprint density at radius 1 is 1.36 bits per heavy atom. The Morgan fingerprint density at radius 3 is 3.05 bits per heavy atom. The third-order valence-corrected chi connectivity index (χ3v) is 3.48. The van der Waals surface area contributed by atoms with Crippen molar-refractivity contribution < 1.29 is 9.53 Å². The maximum Gasteiger partial charge on any atom is 0.243 e. The molecule has 0 spiro atoms. The summed E-state index contributed by atoms with van der Waals surface area (Å²) in [5.74, 6) is 1.89. The molecule has 2 aromatic rings. The van der Waals surface area contributed by atoms with Crippen LogP contribution in [0.3, 0.4) is 0 Å².